The van der Waals surface area contributed by atoms with Crippen molar-refractivity contribution in [3.63, 3.8) is 0 Å². The largest absolute Gasteiger partial charge is 0.361 e. The lowest BCUT2D eigenvalue weighted by Crippen LogP contribution is -2.01. The first-order valence-corrected chi connectivity index (χ1v) is 8.73. The number of aliphatic imine (C=N–C) groups is 2. The highest BCUT2D eigenvalue weighted by Crippen LogP contribution is 2.31. The maximum absolute atomic E-state index is 7.02. The Morgan fingerprint density at radius 2 is 1.63 bits per heavy atom. The molecular formula is C19H26N8. The van der Waals surface area contributed by atoms with Crippen LogP contribution in [0, 0.1) is 13.1 Å². The van der Waals surface area contributed by atoms with Gasteiger partial charge in [0.15, 0.2) is 23.3 Å². The average molecular weight is 366 g/mol. The van der Waals surface area contributed by atoms with E-state index in [0.29, 0.717) is 35.1 Å². The second-order valence-electron chi connectivity index (χ2n) is 6.13. The smallest absolute Gasteiger partial charge is 0.275 e. The number of hydrogen-bond acceptors (Lipinski definition) is 4. The fraction of sp³-hybridized carbons (Fsp3) is 0.474. The summed E-state index contributed by atoms with van der Waals surface area (Å²) in [5, 5.41) is 0. The molecule has 8 heteroatoms. The van der Waals surface area contributed by atoms with E-state index >= 15 is 0 Å². The summed E-state index contributed by atoms with van der Waals surface area (Å²) in [5.74, 6) is 4.09. The third-order valence-electron chi connectivity index (χ3n) is 4.42. The van der Waals surface area contributed by atoms with Crippen LogP contribution in [0.4, 0.5) is 23.3 Å². The first kappa shape index (κ1) is 21.8. The van der Waals surface area contributed by atoms with Gasteiger partial charge < -0.3 is 9.69 Å². The van der Waals surface area contributed by atoms with Gasteiger partial charge in [-0.1, -0.05) is 40.8 Å². The Hall–Kier alpha value is -3.26. The number of nitrogens with zero attached hydrogens (tertiary/aromatic N) is 7. The first-order valence-electron chi connectivity index (χ1n) is 8.73. The number of hydrogen-bond donors (Lipinski definition) is 1. The van der Waals surface area contributed by atoms with Crippen molar-refractivity contribution in [3.05, 3.63) is 34.5 Å². The number of aromatic nitrogens is 4. The predicted octanol–water partition coefficient (Wildman–Crippen LogP) is 5.62. The Balaban J connectivity index is 0.000000271. The summed E-state index contributed by atoms with van der Waals surface area (Å²) < 4.78 is 1.80. The Morgan fingerprint density at radius 3 is 2.00 bits per heavy atom. The van der Waals surface area contributed by atoms with Gasteiger partial charge in [-0.05, 0) is 26.3 Å². The molecule has 0 aromatic carbocycles. The van der Waals surface area contributed by atoms with Crippen LogP contribution in [-0.4, -0.2) is 33.0 Å². The minimum Gasteiger partial charge on any atom is -0.361 e. The molecule has 0 saturated carbocycles. The molecule has 2 atom stereocenters. The van der Waals surface area contributed by atoms with E-state index in [1.165, 1.54) is 0 Å². The van der Waals surface area contributed by atoms with E-state index in [1.807, 2.05) is 7.05 Å². The van der Waals surface area contributed by atoms with Gasteiger partial charge in [0.2, 0.25) is 0 Å². The molecule has 0 fully saturated rings. The van der Waals surface area contributed by atoms with Crippen LogP contribution < -0.4 is 0 Å². The third kappa shape index (κ3) is 4.89. The molecule has 2 unspecified atom stereocenters. The zero-order valence-electron chi connectivity index (χ0n) is 16.6. The summed E-state index contributed by atoms with van der Waals surface area (Å²) in [4.78, 5) is 25.5. The van der Waals surface area contributed by atoms with Gasteiger partial charge >= 0.3 is 0 Å². The second-order valence-corrected chi connectivity index (χ2v) is 6.13. The molecule has 0 bridgehead atoms. The molecule has 0 aliphatic heterocycles. The summed E-state index contributed by atoms with van der Waals surface area (Å²) in [6, 6.07) is 0. The fourth-order valence-corrected chi connectivity index (χ4v) is 2.33. The maximum atomic E-state index is 7.02. The van der Waals surface area contributed by atoms with Gasteiger partial charge in [-0.2, -0.15) is 0 Å². The standard InChI is InChI=1S/C10H14N4.C9H12N4/c1-6-7(2)9-13-8(11-3)10(12-4)14(9)5;1-5-6(2)7-12-8(10-3)9(11-4)13-7/h7H,3,6H2,1-2,5H3;6H,3,5H2,1-2H3,(H,12,13). The zero-order valence-corrected chi connectivity index (χ0v) is 16.6. The summed E-state index contributed by atoms with van der Waals surface area (Å²) in [6.45, 7) is 29.0. The van der Waals surface area contributed by atoms with E-state index in [4.69, 9.17) is 13.1 Å². The molecular weight excluding hydrogens is 340 g/mol. The average Bonchev–Trinajstić information content (AvgIpc) is 3.27. The lowest BCUT2D eigenvalue weighted by molar-refractivity contribution is 0.645. The summed E-state index contributed by atoms with van der Waals surface area (Å²) in [5.41, 5.74) is 0. The van der Waals surface area contributed by atoms with Crippen molar-refractivity contribution < 1.29 is 0 Å². The summed E-state index contributed by atoms with van der Waals surface area (Å²) in [7, 11) is 1.84. The molecule has 0 spiro atoms. The molecule has 2 aromatic heterocycles. The molecule has 0 aliphatic rings. The van der Waals surface area contributed by atoms with Gasteiger partial charge in [0.1, 0.15) is 0 Å². The molecule has 0 saturated heterocycles. The number of rotatable bonds is 6. The van der Waals surface area contributed by atoms with Gasteiger partial charge in [-0.3, -0.25) is 19.5 Å². The van der Waals surface area contributed by atoms with Gasteiger partial charge in [-0.15, -0.1) is 0 Å². The molecule has 0 aliphatic carbocycles. The Bertz CT molecular complexity index is 875. The van der Waals surface area contributed by atoms with Gasteiger partial charge in [0, 0.05) is 11.8 Å². The number of nitrogens with one attached hydrogen (secondary N) is 1. The molecule has 0 radical (unpaired) electrons. The minimum atomic E-state index is 0.330. The van der Waals surface area contributed by atoms with E-state index in [-0.39, 0.29) is 0 Å². The van der Waals surface area contributed by atoms with Crippen LogP contribution in [0.2, 0.25) is 0 Å². The summed E-state index contributed by atoms with van der Waals surface area (Å²) in [6.07, 6.45) is 1.99. The summed E-state index contributed by atoms with van der Waals surface area (Å²) >= 11 is 0. The van der Waals surface area contributed by atoms with E-state index in [0.717, 1.165) is 24.5 Å². The highest BCUT2D eigenvalue weighted by molar-refractivity contribution is 5.62. The van der Waals surface area contributed by atoms with Crippen molar-refractivity contribution in [2.45, 2.75) is 52.4 Å². The molecule has 2 aromatic rings. The second kappa shape index (κ2) is 10.0. The minimum absolute atomic E-state index is 0.330. The lowest BCUT2D eigenvalue weighted by atomic mass is 10.1. The number of H-pyrrole nitrogens is 1. The van der Waals surface area contributed by atoms with Gasteiger partial charge in [0.25, 0.3) is 11.6 Å². The van der Waals surface area contributed by atoms with E-state index in [2.05, 4.69) is 75.8 Å². The quantitative estimate of drug-likeness (QED) is 0.531. The van der Waals surface area contributed by atoms with E-state index < -0.39 is 0 Å². The topological polar surface area (TPSA) is 79.9 Å². The Morgan fingerprint density at radius 1 is 1.04 bits per heavy atom. The predicted molar refractivity (Wildman–Crippen MR) is 110 cm³/mol. The van der Waals surface area contributed by atoms with Crippen LogP contribution in [0.15, 0.2) is 9.98 Å². The molecule has 142 valence electrons. The van der Waals surface area contributed by atoms with Crippen LogP contribution in [0.3, 0.4) is 0 Å². The molecule has 8 nitrogen and oxygen atoms in total. The van der Waals surface area contributed by atoms with Gasteiger partial charge in [-0.25, -0.2) is 9.97 Å². The van der Waals surface area contributed by atoms with Crippen molar-refractivity contribution in [2.24, 2.45) is 17.0 Å². The van der Waals surface area contributed by atoms with E-state index in [9.17, 15) is 0 Å². The van der Waals surface area contributed by atoms with Crippen LogP contribution in [0.5, 0.6) is 0 Å². The van der Waals surface area contributed by atoms with Crippen molar-refractivity contribution in [1.29, 1.82) is 0 Å². The van der Waals surface area contributed by atoms with Gasteiger partial charge in [0.05, 0.1) is 7.05 Å². The van der Waals surface area contributed by atoms with Crippen LogP contribution in [0.25, 0.3) is 9.69 Å². The highest BCUT2D eigenvalue weighted by atomic mass is 15.2. The van der Waals surface area contributed by atoms with Crippen molar-refractivity contribution in [1.82, 2.24) is 19.5 Å². The Kier molecular flexibility index (Phi) is 8.09. The zero-order chi connectivity index (χ0) is 20.6. The molecule has 27 heavy (non-hydrogen) atoms. The number of aromatic amines is 1. The van der Waals surface area contributed by atoms with Crippen LogP contribution in [0.1, 0.15) is 64.0 Å². The molecule has 0 amide bonds. The SMILES string of the molecule is [C-]#[N+]c1[nH]c(C(C)CC)nc1N=C.[C-]#[N+]c1c(N=C)nc(C(C)CC)n1C. The van der Waals surface area contributed by atoms with Crippen molar-refractivity contribution in [3.8, 4) is 0 Å². The normalized spacial score (nSPS) is 12.1. The molecule has 1 N–H and O–H groups in total. The van der Waals surface area contributed by atoms with Crippen molar-refractivity contribution >= 4 is 36.7 Å². The fourth-order valence-electron chi connectivity index (χ4n) is 2.33. The number of imidazole rings is 2. The first-order chi connectivity index (χ1) is 12.9. The highest BCUT2D eigenvalue weighted by Gasteiger charge is 2.19. The van der Waals surface area contributed by atoms with Crippen LogP contribution in [-0.2, 0) is 7.05 Å². The lowest BCUT2D eigenvalue weighted by Gasteiger charge is -2.04. The maximum Gasteiger partial charge on any atom is 0.275 e. The van der Waals surface area contributed by atoms with Crippen LogP contribution >= 0.6 is 0 Å². The molecule has 2 heterocycles. The third-order valence-corrected chi connectivity index (χ3v) is 4.42. The van der Waals surface area contributed by atoms with E-state index in [1.54, 1.807) is 4.57 Å². The monoisotopic (exact) mass is 366 g/mol. The molecule has 2 rings (SSSR count). The Labute approximate surface area is 160 Å². The van der Waals surface area contributed by atoms with Crippen molar-refractivity contribution in [2.75, 3.05) is 0 Å².